The first-order valence-electron chi connectivity index (χ1n) is 6.60. The van der Waals surface area contributed by atoms with Crippen molar-refractivity contribution in [2.24, 2.45) is 0 Å². The van der Waals surface area contributed by atoms with Crippen LogP contribution >= 0.6 is 11.3 Å². The maximum Gasteiger partial charge on any atom is 0.304 e. The first-order valence-corrected chi connectivity index (χ1v) is 9.31. The molecular formula is C14H16N2O5S2. The van der Waals surface area contributed by atoms with E-state index in [0.717, 1.165) is 34.8 Å². The van der Waals surface area contributed by atoms with Crippen molar-refractivity contribution in [3.8, 4) is 0 Å². The third-order valence-corrected chi connectivity index (χ3v) is 5.99. The molecule has 0 amide bonds. The van der Waals surface area contributed by atoms with Gasteiger partial charge in [-0.15, -0.1) is 0 Å². The Morgan fingerprint density at radius 2 is 1.96 bits per heavy atom. The van der Waals surface area contributed by atoms with Crippen molar-refractivity contribution in [2.75, 3.05) is 18.7 Å². The number of thiophene rings is 1. The van der Waals surface area contributed by atoms with E-state index in [0.29, 0.717) is 13.2 Å². The van der Waals surface area contributed by atoms with Crippen molar-refractivity contribution < 1.29 is 18.1 Å². The van der Waals surface area contributed by atoms with Gasteiger partial charge >= 0.3 is 5.69 Å². The Bertz CT molecular complexity index is 814. The zero-order valence-electron chi connectivity index (χ0n) is 12.6. The average Bonchev–Trinajstić information content (AvgIpc) is 2.91. The van der Waals surface area contributed by atoms with Gasteiger partial charge in [-0.2, -0.15) is 0 Å². The monoisotopic (exact) mass is 356 g/mol. The summed E-state index contributed by atoms with van der Waals surface area (Å²) in [6, 6.07) is 8.63. The lowest BCUT2D eigenvalue weighted by Gasteiger charge is -2.09. The maximum atomic E-state index is 11.6. The predicted octanol–water partition coefficient (Wildman–Crippen LogP) is 2.82. The minimum atomic E-state index is -3.48. The van der Waals surface area contributed by atoms with E-state index in [2.05, 4.69) is 5.32 Å². The Morgan fingerprint density at radius 3 is 2.52 bits per heavy atom. The number of ether oxygens (including phenoxy) is 1. The number of hydrogen-bond acceptors (Lipinski definition) is 7. The van der Waals surface area contributed by atoms with Gasteiger partial charge in [0.25, 0.3) is 0 Å². The van der Waals surface area contributed by atoms with Gasteiger partial charge in [-0.25, -0.2) is 8.42 Å². The van der Waals surface area contributed by atoms with Crippen LogP contribution < -0.4 is 5.32 Å². The number of nitrogens with one attached hydrogen (secondary N) is 1. The molecule has 1 N–H and O–H groups in total. The van der Waals surface area contributed by atoms with Crippen molar-refractivity contribution in [1.29, 1.82) is 0 Å². The second kappa shape index (κ2) is 7.07. The van der Waals surface area contributed by atoms with Gasteiger partial charge in [0.15, 0.2) is 14.8 Å². The van der Waals surface area contributed by atoms with E-state index in [1.807, 2.05) is 24.3 Å². The fraction of sp³-hybridized carbons (Fsp3) is 0.286. The third-order valence-electron chi connectivity index (χ3n) is 3.11. The molecule has 0 aliphatic rings. The second-order valence-electron chi connectivity index (χ2n) is 4.86. The van der Waals surface area contributed by atoms with Crippen LogP contribution in [0.25, 0.3) is 0 Å². The van der Waals surface area contributed by atoms with Crippen LogP contribution in [-0.2, 0) is 27.7 Å². The molecule has 2 aromatic rings. The Hall–Kier alpha value is -1.97. The van der Waals surface area contributed by atoms with E-state index >= 15 is 0 Å². The van der Waals surface area contributed by atoms with Gasteiger partial charge in [-0.1, -0.05) is 35.6 Å². The number of methoxy groups -OCH3 is 1. The molecule has 0 bridgehead atoms. The summed E-state index contributed by atoms with van der Waals surface area (Å²) in [5.74, 6) is 0. The van der Waals surface area contributed by atoms with Crippen molar-refractivity contribution in [3.05, 3.63) is 51.6 Å². The number of hydrogen-bond donors (Lipinski definition) is 1. The summed E-state index contributed by atoms with van der Waals surface area (Å²) >= 11 is 0.861. The molecule has 1 heterocycles. The minimum absolute atomic E-state index is 0.0307. The first-order chi connectivity index (χ1) is 10.8. The Balaban J connectivity index is 2.27. The lowest BCUT2D eigenvalue weighted by Crippen LogP contribution is -2.03. The molecule has 124 valence electrons. The van der Waals surface area contributed by atoms with Crippen molar-refractivity contribution in [3.63, 3.8) is 0 Å². The van der Waals surface area contributed by atoms with Crippen LogP contribution in [0.1, 0.15) is 11.1 Å². The number of rotatable bonds is 7. The predicted molar refractivity (Wildman–Crippen MR) is 88.6 cm³/mol. The first kappa shape index (κ1) is 17.4. The molecule has 0 radical (unpaired) electrons. The highest BCUT2D eigenvalue weighted by atomic mass is 32.2. The Labute approximate surface area is 138 Å². The van der Waals surface area contributed by atoms with Gasteiger partial charge in [0.2, 0.25) is 0 Å². The van der Waals surface area contributed by atoms with Gasteiger partial charge in [0.1, 0.15) is 4.21 Å². The third kappa shape index (κ3) is 4.27. The molecule has 0 unspecified atom stereocenters. The summed E-state index contributed by atoms with van der Waals surface area (Å²) in [6.07, 6.45) is 1.03. The molecule has 0 fully saturated rings. The SMILES string of the molecule is COCc1ccccc1CNc1sc(S(C)(=O)=O)cc1[N+](=O)[O-]. The Morgan fingerprint density at radius 1 is 1.30 bits per heavy atom. The van der Waals surface area contributed by atoms with Crippen LogP contribution in [0.4, 0.5) is 10.7 Å². The summed E-state index contributed by atoms with van der Waals surface area (Å²) in [7, 11) is -1.89. The van der Waals surface area contributed by atoms with Crippen LogP contribution in [0.15, 0.2) is 34.5 Å². The fourth-order valence-electron chi connectivity index (χ4n) is 2.01. The zero-order chi connectivity index (χ0) is 17.0. The van der Waals surface area contributed by atoms with E-state index in [-0.39, 0.29) is 14.9 Å². The van der Waals surface area contributed by atoms with Crippen LogP contribution in [0.2, 0.25) is 0 Å². The lowest BCUT2D eigenvalue weighted by atomic mass is 10.1. The number of anilines is 1. The minimum Gasteiger partial charge on any atom is -0.380 e. The molecular weight excluding hydrogens is 340 g/mol. The Kier molecular flexibility index (Phi) is 5.34. The number of nitro groups is 1. The number of sulfone groups is 1. The summed E-state index contributed by atoms with van der Waals surface area (Å²) in [6.45, 7) is 0.767. The van der Waals surface area contributed by atoms with Crippen LogP contribution in [0, 0.1) is 10.1 Å². The maximum absolute atomic E-state index is 11.6. The normalized spacial score (nSPS) is 11.4. The molecule has 7 nitrogen and oxygen atoms in total. The van der Waals surface area contributed by atoms with E-state index in [1.165, 1.54) is 0 Å². The van der Waals surface area contributed by atoms with Crippen LogP contribution in [-0.4, -0.2) is 26.7 Å². The summed E-state index contributed by atoms with van der Waals surface area (Å²) in [5, 5.41) is 14.3. The van der Waals surface area contributed by atoms with Crippen LogP contribution in [0.3, 0.4) is 0 Å². The standard InChI is InChI=1S/C14H16N2O5S2/c1-21-9-11-6-4-3-5-10(11)8-15-14-12(16(17)18)7-13(22-14)23(2,19)20/h3-7,15H,8-9H2,1-2H3. The molecule has 9 heteroatoms. The molecule has 0 spiro atoms. The van der Waals surface area contributed by atoms with E-state index < -0.39 is 14.8 Å². The molecule has 0 saturated carbocycles. The van der Waals surface area contributed by atoms with E-state index in [4.69, 9.17) is 4.74 Å². The highest BCUT2D eigenvalue weighted by Gasteiger charge is 2.23. The molecule has 1 aromatic carbocycles. The van der Waals surface area contributed by atoms with Gasteiger partial charge in [-0.05, 0) is 11.1 Å². The van der Waals surface area contributed by atoms with E-state index in [9.17, 15) is 18.5 Å². The molecule has 23 heavy (non-hydrogen) atoms. The van der Waals surface area contributed by atoms with E-state index in [1.54, 1.807) is 7.11 Å². The smallest absolute Gasteiger partial charge is 0.304 e. The zero-order valence-corrected chi connectivity index (χ0v) is 14.2. The molecule has 0 atom stereocenters. The second-order valence-corrected chi connectivity index (χ2v) is 8.16. The summed E-state index contributed by atoms with van der Waals surface area (Å²) < 4.78 is 28.2. The molecule has 0 saturated heterocycles. The lowest BCUT2D eigenvalue weighted by molar-refractivity contribution is -0.383. The van der Waals surface area contributed by atoms with Crippen LogP contribution in [0.5, 0.6) is 0 Å². The summed E-state index contributed by atoms with van der Waals surface area (Å²) in [4.78, 5) is 10.5. The highest BCUT2D eigenvalue weighted by molar-refractivity contribution is 7.92. The van der Waals surface area contributed by atoms with Crippen molar-refractivity contribution >= 4 is 31.9 Å². The number of benzene rings is 1. The molecule has 2 rings (SSSR count). The van der Waals surface area contributed by atoms with Gasteiger partial charge in [-0.3, -0.25) is 10.1 Å². The van der Waals surface area contributed by atoms with Gasteiger partial charge in [0.05, 0.1) is 11.5 Å². The fourth-order valence-corrected chi connectivity index (χ4v) is 3.94. The van der Waals surface area contributed by atoms with Crippen molar-refractivity contribution in [2.45, 2.75) is 17.4 Å². The largest absolute Gasteiger partial charge is 0.380 e. The van der Waals surface area contributed by atoms with Crippen molar-refractivity contribution in [1.82, 2.24) is 0 Å². The highest BCUT2D eigenvalue weighted by Crippen LogP contribution is 2.37. The average molecular weight is 356 g/mol. The molecule has 0 aliphatic carbocycles. The quantitative estimate of drug-likeness (QED) is 0.605. The van der Waals surface area contributed by atoms with Gasteiger partial charge in [0, 0.05) is 26.0 Å². The van der Waals surface area contributed by atoms with Gasteiger partial charge < -0.3 is 10.1 Å². The topological polar surface area (TPSA) is 98.5 Å². The molecule has 0 aliphatic heterocycles. The number of nitrogens with zero attached hydrogens (tertiary/aromatic N) is 1. The summed E-state index contributed by atoms with van der Waals surface area (Å²) in [5.41, 5.74) is 1.66. The molecule has 1 aromatic heterocycles.